The molecule has 1 saturated heterocycles. The summed E-state index contributed by atoms with van der Waals surface area (Å²) in [6.45, 7) is 3.52. The van der Waals surface area contributed by atoms with E-state index >= 15 is 0 Å². The number of carbonyl (C=O) groups excluding carboxylic acids is 1. The minimum absolute atomic E-state index is 0.0539. The first-order valence-corrected chi connectivity index (χ1v) is 12.9. The molecule has 0 aliphatic carbocycles. The number of hydrogen-bond acceptors (Lipinski definition) is 3. The topological polar surface area (TPSA) is 36.4 Å². The number of pyridine rings is 1. The summed E-state index contributed by atoms with van der Waals surface area (Å²) >= 11 is 18.5. The van der Waals surface area contributed by atoms with E-state index in [-0.39, 0.29) is 11.3 Å². The molecule has 0 bridgehead atoms. The summed E-state index contributed by atoms with van der Waals surface area (Å²) in [7, 11) is 0. The lowest BCUT2D eigenvalue weighted by Crippen LogP contribution is -2.38. The van der Waals surface area contributed by atoms with Crippen LogP contribution in [0.5, 0.6) is 0 Å². The SMILES string of the molecule is O=C(c1ccnc(Cl)c1)N1CC2(CCCN(C/C=C/c3ccc(Cl)cc3)CC2)c2cc(Cl)ccc21. The summed E-state index contributed by atoms with van der Waals surface area (Å²) in [4.78, 5) is 21.9. The van der Waals surface area contributed by atoms with E-state index in [4.69, 9.17) is 34.8 Å². The fourth-order valence-corrected chi connectivity index (χ4v) is 5.76. The number of aromatic nitrogens is 1. The molecule has 35 heavy (non-hydrogen) atoms. The predicted octanol–water partition coefficient (Wildman–Crippen LogP) is 7.14. The maximum absolute atomic E-state index is 13.5. The second-order valence-corrected chi connectivity index (χ2v) is 10.6. The minimum Gasteiger partial charge on any atom is -0.307 e. The lowest BCUT2D eigenvalue weighted by atomic mass is 9.76. The van der Waals surface area contributed by atoms with Crippen molar-refractivity contribution in [3.8, 4) is 0 Å². The van der Waals surface area contributed by atoms with Crippen molar-refractivity contribution in [3.63, 3.8) is 0 Å². The molecule has 2 aromatic carbocycles. The lowest BCUT2D eigenvalue weighted by molar-refractivity contribution is 0.0984. The van der Waals surface area contributed by atoms with E-state index in [1.165, 1.54) is 5.56 Å². The van der Waals surface area contributed by atoms with Crippen LogP contribution in [-0.2, 0) is 5.41 Å². The van der Waals surface area contributed by atoms with Crippen LogP contribution in [0.15, 0.2) is 66.9 Å². The number of carbonyl (C=O) groups is 1. The van der Waals surface area contributed by atoms with Gasteiger partial charge in [-0.25, -0.2) is 4.98 Å². The maximum Gasteiger partial charge on any atom is 0.258 e. The van der Waals surface area contributed by atoms with E-state index in [0.29, 0.717) is 22.3 Å². The van der Waals surface area contributed by atoms with Gasteiger partial charge in [0.1, 0.15) is 5.15 Å². The third-order valence-corrected chi connectivity index (χ3v) is 7.77. The highest BCUT2D eigenvalue weighted by atomic mass is 35.5. The average molecular weight is 527 g/mol. The Morgan fingerprint density at radius 1 is 0.971 bits per heavy atom. The van der Waals surface area contributed by atoms with Crippen LogP contribution < -0.4 is 4.90 Å². The summed E-state index contributed by atoms with van der Waals surface area (Å²) in [5.41, 5.74) is 3.71. The van der Waals surface area contributed by atoms with Crippen molar-refractivity contribution in [3.05, 3.63) is 98.8 Å². The molecule has 1 spiro atoms. The third kappa shape index (κ3) is 5.26. The van der Waals surface area contributed by atoms with E-state index in [1.54, 1.807) is 18.3 Å². The van der Waals surface area contributed by atoms with Gasteiger partial charge in [0.25, 0.3) is 5.91 Å². The number of hydrogen-bond donors (Lipinski definition) is 0. The van der Waals surface area contributed by atoms with Crippen molar-refractivity contribution in [1.29, 1.82) is 0 Å². The predicted molar refractivity (Wildman–Crippen MR) is 145 cm³/mol. The quantitative estimate of drug-likeness (QED) is 0.339. The van der Waals surface area contributed by atoms with E-state index in [0.717, 1.165) is 55.2 Å². The molecule has 180 valence electrons. The molecule has 2 aliphatic rings. The minimum atomic E-state index is -0.110. The van der Waals surface area contributed by atoms with Gasteiger partial charge in [0, 0.05) is 46.0 Å². The molecule has 1 aromatic heterocycles. The molecule has 3 heterocycles. The Labute approximate surface area is 221 Å². The zero-order valence-electron chi connectivity index (χ0n) is 19.3. The molecular weight excluding hydrogens is 501 g/mol. The Morgan fingerprint density at radius 2 is 1.77 bits per heavy atom. The summed E-state index contributed by atoms with van der Waals surface area (Å²) in [5.74, 6) is -0.0539. The Kier molecular flexibility index (Phi) is 7.17. The van der Waals surface area contributed by atoms with Gasteiger partial charge in [0.05, 0.1) is 0 Å². The Balaban J connectivity index is 1.34. The molecule has 3 aromatic rings. The zero-order valence-corrected chi connectivity index (χ0v) is 21.5. The summed E-state index contributed by atoms with van der Waals surface area (Å²) in [6.07, 6.45) is 8.97. The molecule has 7 heteroatoms. The first kappa shape index (κ1) is 24.3. The standard InChI is InChI=1S/C28H26Cl3N3O/c29-22-6-4-20(5-7-22)3-1-14-33-15-2-11-28(12-16-33)19-34(25-9-8-23(30)18-24(25)28)27(35)21-10-13-32-26(31)17-21/h1,3-10,13,17-18H,2,11-12,14-16,19H2/b3-1+. The van der Waals surface area contributed by atoms with Gasteiger partial charge in [0.2, 0.25) is 0 Å². The van der Waals surface area contributed by atoms with Crippen molar-refractivity contribution >= 4 is 52.5 Å². The molecule has 0 radical (unpaired) electrons. The number of halogens is 3. The van der Waals surface area contributed by atoms with Crippen molar-refractivity contribution < 1.29 is 4.79 Å². The lowest BCUT2D eigenvalue weighted by Gasteiger charge is -2.29. The molecule has 5 rings (SSSR count). The number of nitrogens with zero attached hydrogens (tertiary/aromatic N) is 3. The first-order valence-electron chi connectivity index (χ1n) is 11.8. The first-order chi connectivity index (χ1) is 16.9. The Hall–Kier alpha value is -2.37. The van der Waals surface area contributed by atoms with E-state index in [1.807, 2.05) is 41.3 Å². The van der Waals surface area contributed by atoms with Crippen LogP contribution in [0.1, 0.15) is 40.7 Å². The normalized spacial score (nSPS) is 20.4. The second kappa shape index (κ2) is 10.3. The largest absolute Gasteiger partial charge is 0.307 e. The maximum atomic E-state index is 13.5. The van der Waals surface area contributed by atoms with E-state index in [2.05, 4.69) is 28.1 Å². The highest BCUT2D eigenvalue weighted by molar-refractivity contribution is 6.31. The zero-order chi connectivity index (χ0) is 24.4. The number of rotatable bonds is 4. The van der Waals surface area contributed by atoms with Gasteiger partial charge in [-0.15, -0.1) is 0 Å². The average Bonchev–Trinajstić information content (AvgIpc) is 3.01. The summed E-state index contributed by atoms with van der Waals surface area (Å²) < 4.78 is 0. The van der Waals surface area contributed by atoms with Crippen LogP contribution in [0.25, 0.3) is 6.08 Å². The number of likely N-dealkylation sites (tertiary alicyclic amines) is 1. The molecule has 1 unspecified atom stereocenters. The van der Waals surface area contributed by atoms with Gasteiger partial charge in [0.15, 0.2) is 0 Å². The molecule has 2 aliphatic heterocycles. The molecule has 4 nitrogen and oxygen atoms in total. The monoisotopic (exact) mass is 525 g/mol. The van der Waals surface area contributed by atoms with Gasteiger partial charge >= 0.3 is 0 Å². The Bertz CT molecular complexity index is 1260. The van der Waals surface area contributed by atoms with Crippen LogP contribution in [0.4, 0.5) is 5.69 Å². The van der Waals surface area contributed by atoms with Crippen LogP contribution in [0.3, 0.4) is 0 Å². The van der Waals surface area contributed by atoms with Gasteiger partial charge < -0.3 is 4.90 Å². The smallest absolute Gasteiger partial charge is 0.258 e. The third-order valence-electron chi connectivity index (χ3n) is 7.08. The van der Waals surface area contributed by atoms with Crippen LogP contribution in [0, 0.1) is 0 Å². The van der Waals surface area contributed by atoms with Crippen molar-refractivity contribution in [1.82, 2.24) is 9.88 Å². The molecule has 1 atom stereocenters. The Morgan fingerprint density at radius 3 is 2.57 bits per heavy atom. The van der Waals surface area contributed by atoms with Crippen LogP contribution in [0.2, 0.25) is 15.2 Å². The molecule has 0 saturated carbocycles. The van der Waals surface area contributed by atoms with Gasteiger partial charge in [-0.2, -0.15) is 0 Å². The number of benzene rings is 2. The second-order valence-electron chi connectivity index (χ2n) is 9.31. The van der Waals surface area contributed by atoms with Crippen molar-refractivity contribution in [2.75, 3.05) is 31.1 Å². The number of amides is 1. The van der Waals surface area contributed by atoms with Crippen LogP contribution >= 0.6 is 34.8 Å². The number of fused-ring (bicyclic) bond motifs is 2. The van der Waals surface area contributed by atoms with Gasteiger partial charge in [-0.1, -0.05) is 59.1 Å². The van der Waals surface area contributed by atoms with Crippen LogP contribution in [-0.4, -0.2) is 42.0 Å². The molecule has 1 fully saturated rings. The fraction of sp³-hybridized carbons (Fsp3) is 0.286. The summed E-state index contributed by atoms with van der Waals surface area (Å²) in [5, 5.41) is 1.77. The van der Waals surface area contributed by atoms with Crippen molar-refractivity contribution in [2.24, 2.45) is 0 Å². The van der Waals surface area contributed by atoms with E-state index in [9.17, 15) is 4.79 Å². The summed E-state index contributed by atoms with van der Waals surface area (Å²) in [6, 6.07) is 17.1. The van der Waals surface area contributed by atoms with Gasteiger partial charge in [-0.3, -0.25) is 9.69 Å². The van der Waals surface area contributed by atoms with E-state index < -0.39 is 0 Å². The number of anilines is 1. The highest BCUT2D eigenvalue weighted by Crippen LogP contribution is 2.48. The van der Waals surface area contributed by atoms with Crippen molar-refractivity contribution in [2.45, 2.75) is 24.7 Å². The molecule has 1 amide bonds. The molecule has 0 N–H and O–H groups in total. The molecular formula is C28H26Cl3N3O. The van der Waals surface area contributed by atoms with Gasteiger partial charge in [-0.05, 0) is 85.9 Å². The highest BCUT2D eigenvalue weighted by Gasteiger charge is 2.45. The fourth-order valence-electron chi connectivity index (χ4n) is 5.29.